The van der Waals surface area contributed by atoms with Gasteiger partial charge in [0.15, 0.2) is 0 Å². The van der Waals surface area contributed by atoms with E-state index >= 15 is 0 Å². The van der Waals surface area contributed by atoms with Gasteiger partial charge in [0.2, 0.25) is 0 Å². The number of benzene rings is 1. The second-order valence-corrected chi connectivity index (χ2v) is 3.45. The third kappa shape index (κ3) is 3.62. The van der Waals surface area contributed by atoms with E-state index < -0.39 is 0 Å². The Morgan fingerprint density at radius 1 is 1.43 bits per heavy atom. The Hall–Kier alpha value is -1.29. The summed E-state index contributed by atoms with van der Waals surface area (Å²) in [6.07, 6.45) is 2.65. The molecule has 1 aromatic rings. The van der Waals surface area contributed by atoms with Gasteiger partial charge < -0.3 is 10.1 Å². The molecular formula is C10H10BrNO2. The highest BCUT2D eigenvalue weighted by molar-refractivity contribution is 9.10. The summed E-state index contributed by atoms with van der Waals surface area (Å²) in [4.78, 5) is 11.2. The van der Waals surface area contributed by atoms with E-state index in [-0.39, 0.29) is 5.91 Å². The largest absolute Gasteiger partial charge is 0.504 e. The summed E-state index contributed by atoms with van der Waals surface area (Å²) in [5.74, 6) is -0.214. The standard InChI is InChI=1S/C10H10BrNO2/c1-14-7-6-10(13)12-9-4-2-8(11)3-5-9/h2-7H,1H3,(H,12,13)/b7-6+. The van der Waals surface area contributed by atoms with Crippen LogP contribution >= 0.6 is 15.9 Å². The molecule has 14 heavy (non-hydrogen) atoms. The Balaban J connectivity index is 2.56. The van der Waals surface area contributed by atoms with Crippen LogP contribution in [-0.2, 0) is 9.53 Å². The molecule has 0 bridgehead atoms. The Labute approximate surface area is 90.9 Å². The summed E-state index contributed by atoms with van der Waals surface area (Å²) in [5, 5.41) is 2.68. The van der Waals surface area contributed by atoms with E-state index in [4.69, 9.17) is 0 Å². The van der Waals surface area contributed by atoms with Crippen LogP contribution in [0.4, 0.5) is 5.69 Å². The molecule has 0 heterocycles. The van der Waals surface area contributed by atoms with Crippen LogP contribution in [-0.4, -0.2) is 13.0 Å². The van der Waals surface area contributed by atoms with Gasteiger partial charge in [-0.25, -0.2) is 0 Å². The first-order valence-corrected chi connectivity index (χ1v) is 4.77. The van der Waals surface area contributed by atoms with Crippen LogP contribution in [0.2, 0.25) is 0 Å². The van der Waals surface area contributed by atoms with Crippen LogP contribution in [0.3, 0.4) is 0 Å². The van der Waals surface area contributed by atoms with Gasteiger partial charge in [0.25, 0.3) is 5.91 Å². The lowest BCUT2D eigenvalue weighted by molar-refractivity contribution is -0.112. The van der Waals surface area contributed by atoms with E-state index in [0.717, 1.165) is 10.2 Å². The third-order valence-corrected chi connectivity index (χ3v) is 2.00. The normalized spacial score (nSPS) is 10.1. The quantitative estimate of drug-likeness (QED) is 0.666. The predicted molar refractivity (Wildman–Crippen MR) is 58.9 cm³/mol. The first-order chi connectivity index (χ1) is 6.72. The van der Waals surface area contributed by atoms with Gasteiger partial charge in [0, 0.05) is 16.2 Å². The zero-order valence-electron chi connectivity index (χ0n) is 7.66. The van der Waals surface area contributed by atoms with Crippen molar-refractivity contribution in [3.63, 3.8) is 0 Å². The second-order valence-electron chi connectivity index (χ2n) is 2.53. The van der Waals surface area contributed by atoms with E-state index in [2.05, 4.69) is 26.0 Å². The van der Waals surface area contributed by atoms with Crippen molar-refractivity contribution < 1.29 is 9.53 Å². The van der Waals surface area contributed by atoms with E-state index in [1.54, 1.807) is 0 Å². The van der Waals surface area contributed by atoms with Gasteiger partial charge in [-0.1, -0.05) is 15.9 Å². The SMILES string of the molecule is CO/C=C/C(=O)Nc1ccc(Br)cc1. The number of hydrogen-bond donors (Lipinski definition) is 1. The first-order valence-electron chi connectivity index (χ1n) is 3.98. The Morgan fingerprint density at radius 2 is 2.07 bits per heavy atom. The molecule has 74 valence electrons. The van der Waals surface area contributed by atoms with Crippen LogP contribution < -0.4 is 5.32 Å². The number of carbonyl (C=O) groups is 1. The van der Waals surface area contributed by atoms with Gasteiger partial charge >= 0.3 is 0 Å². The molecule has 0 unspecified atom stereocenters. The number of ether oxygens (including phenoxy) is 1. The molecule has 1 rings (SSSR count). The minimum absolute atomic E-state index is 0.214. The molecule has 4 heteroatoms. The molecule has 0 spiro atoms. The summed E-state index contributed by atoms with van der Waals surface area (Å²) < 4.78 is 5.60. The predicted octanol–water partition coefficient (Wildman–Crippen LogP) is 2.55. The maximum absolute atomic E-state index is 11.2. The second kappa shape index (κ2) is 5.44. The summed E-state index contributed by atoms with van der Waals surface area (Å²) in [6, 6.07) is 7.33. The van der Waals surface area contributed by atoms with Crippen molar-refractivity contribution in [1.82, 2.24) is 0 Å². The van der Waals surface area contributed by atoms with Crippen molar-refractivity contribution in [3.05, 3.63) is 41.1 Å². The fourth-order valence-electron chi connectivity index (χ4n) is 0.847. The van der Waals surface area contributed by atoms with Crippen molar-refractivity contribution in [2.24, 2.45) is 0 Å². The third-order valence-electron chi connectivity index (χ3n) is 1.47. The van der Waals surface area contributed by atoms with Crippen molar-refractivity contribution in [1.29, 1.82) is 0 Å². The molecule has 0 aliphatic rings. The van der Waals surface area contributed by atoms with Crippen LogP contribution in [0.5, 0.6) is 0 Å². The summed E-state index contributed by atoms with van der Waals surface area (Å²) in [7, 11) is 1.49. The number of methoxy groups -OCH3 is 1. The lowest BCUT2D eigenvalue weighted by Crippen LogP contribution is -2.07. The Bertz CT molecular complexity index is 332. The fraction of sp³-hybridized carbons (Fsp3) is 0.100. The maximum atomic E-state index is 11.2. The molecule has 0 aromatic heterocycles. The monoisotopic (exact) mass is 255 g/mol. The number of carbonyl (C=O) groups excluding carboxylic acids is 1. The number of rotatable bonds is 3. The van der Waals surface area contributed by atoms with E-state index in [1.807, 2.05) is 24.3 Å². The van der Waals surface area contributed by atoms with Crippen LogP contribution in [0, 0.1) is 0 Å². The van der Waals surface area contributed by atoms with Crippen LogP contribution in [0.1, 0.15) is 0 Å². The topological polar surface area (TPSA) is 38.3 Å². The van der Waals surface area contributed by atoms with Crippen molar-refractivity contribution >= 4 is 27.5 Å². The highest BCUT2D eigenvalue weighted by Gasteiger charge is 1.96. The van der Waals surface area contributed by atoms with E-state index in [9.17, 15) is 4.79 Å². The minimum Gasteiger partial charge on any atom is -0.504 e. The maximum Gasteiger partial charge on any atom is 0.251 e. The summed E-state index contributed by atoms with van der Waals surface area (Å²) >= 11 is 3.31. The van der Waals surface area contributed by atoms with Crippen molar-refractivity contribution in [3.8, 4) is 0 Å². The van der Waals surface area contributed by atoms with Crippen LogP contribution in [0.25, 0.3) is 0 Å². The molecular weight excluding hydrogens is 246 g/mol. The minimum atomic E-state index is -0.214. The van der Waals surface area contributed by atoms with Gasteiger partial charge in [0.05, 0.1) is 13.4 Å². The molecule has 1 amide bonds. The molecule has 0 saturated heterocycles. The highest BCUT2D eigenvalue weighted by Crippen LogP contribution is 2.13. The lowest BCUT2D eigenvalue weighted by Gasteiger charge is -2.01. The van der Waals surface area contributed by atoms with Gasteiger partial charge in [-0.3, -0.25) is 4.79 Å². The fourth-order valence-corrected chi connectivity index (χ4v) is 1.11. The number of amides is 1. The molecule has 1 aromatic carbocycles. The zero-order chi connectivity index (χ0) is 10.4. The molecule has 0 radical (unpaired) electrons. The summed E-state index contributed by atoms with van der Waals surface area (Å²) in [6.45, 7) is 0. The highest BCUT2D eigenvalue weighted by atomic mass is 79.9. The van der Waals surface area contributed by atoms with Crippen LogP contribution in [0.15, 0.2) is 41.1 Å². The number of anilines is 1. The average molecular weight is 256 g/mol. The van der Waals surface area contributed by atoms with Gasteiger partial charge in [-0.05, 0) is 24.3 Å². The van der Waals surface area contributed by atoms with E-state index in [1.165, 1.54) is 19.4 Å². The number of hydrogen-bond acceptors (Lipinski definition) is 2. The number of nitrogens with one attached hydrogen (secondary N) is 1. The molecule has 3 nitrogen and oxygen atoms in total. The van der Waals surface area contributed by atoms with Gasteiger partial charge in [-0.2, -0.15) is 0 Å². The number of halogens is 1. The summed E-state index contributed by atoms with van der Waals surface area (Å²) in [5.41, 5.74) is 0.749. The van der Waals surface area contributed by atoms with Crippen molar-refractivity contribution in [2.45, 2.75) is 0 Å². The van der Waals surface area contributed by atoms with Crippen molar-refractivity contribution in [2.75, 3.05) is 12.4 Å². The zero-order valence-corrected chi connectivity index (χ0v) is 9.24. The van der Waals surface area contributed by atoms with Gasteiger partial charge in [-0.15, -0.1) is 0 Å². The smallest absolute Gasteiger partial charge is 0.251 e. The molecule has 0 atom stereocenters. The molecule has 0 fully saturated rings. The molecule has 0 saturated carbocycles. The lowest BCUT2D eigenvalue weighted by atomic mass is 10.3. The molecule has 0 aliphatic carbocycles. The Morgan fingerprint density at radius 3 is 2.64 bits per heavy atom. The molecule has 0 aliphatic heterocycles. The average Bonchev–Trinajstić information content (AvgIpc) is 2.18. The first kappa shape index (κ1) is 10.8. The molecule has 1 N–H and O–H groups in total. The van der Waals surface area contributed by atoms with E-state index in [0.29, 0.717) is 0 Å². The van der Waals surface area contributed by atoms with Gasteiger partial charge in [0.1, 0.15) is 0 Å². The Kier molecular flexibility index (Phi) is 4.19.